The molecule has 2 rings (SSSR count). The SMILES string of the molecule is CCCCCCC(=O)Nc1ccc(N2CCC(C)CC2)c(C(=O)NCCN(CC)CC)c1. The number of piperidine rings is 1. The van der Waals surface area contributed by atoms with Gasteiger partial charge < -0.3 is 20.4 Å². The molecule has 1 aliphatic rings. The number of amides is 2. The van der Waals surface area contributed by atoms with Gasteiger partial charge in [-0.2, -0.15) is 0 Å². The molecule has 6 heteroatoms. The Balaban J connectivity index is 2.10. The van der Waals surface area contributed by atoms with Gasteiger partial charge in [0, 0.05) is 44.0 Å². The smallest absolute Gasteiger partial charge is 0.253 e. The van der Waals surface area contributed by atoms with Gasteiger partial charge in [-0.3, -0.25) is 9.59 Å². The van der Waals surface area contributed by atoms with Crippen LogP contribution in [0.1, 0.15) is 83.0 Å². The van der Waals surface area contributed by atoms with Crippen molar-refractivity contribution in [2.45, 2.75) is 72.6 Å². The van der Waals surface area contributed by atoms with Crippen molar-refractivity contribution in [1.29, 1.82) is 0 Å². The molecule has 0 aromatic heterocycles. The van der Waals surface area contributed by atoms with E-state index in [1.165, 1.54) is 0 Å². The number of anilines is 2. The first-order valence-corrected chi connectivity index (χ1v) is 12.7. The number of nitrogens with one attached hydrogen (secondary N) is 2. The highest BCUT2D eigenvalue weighted by atomic mass is 16.2. The first-order chi connectivity index (χ1) is 15.5. The zero-order valence-electron chi connectivity index (χ0n) is 20.7. The summed E-state index contributed by atoms with van der Waals surface area (Å²) in [4.78, 5) is 30.1. The van der Waals surface area contributed by atoms with Crippen LogP contribution in [0.25, 0.3) is 0 Å². The Morgan fingerprint density at radius 3 is 2.44 bits per heavy atom. The third-order valence-corrected chi connectivity index (χ3v) is 6.51. The fourth-order valence-corrected chi connectivity index (χ4v) is 4.22. The van der Waals surface area contributed by atoms with Gasteiger partial charge in [-0.25, -0.2) is 0 Å². The van der Waals surface area contributed by atoms with Gasteiger partial charge in [-0.15, -0.1) is 0 Å². The summed E-state index contributed by atoms with van der Waals surface area (Å²) in [7, 11) is 0. The van der Waals surface area contributed by atoms with Crippen molar-refractivity contribution in [2.24, 2.45) is 5.92 Å². The Morgan fingerprint density at radius 2 is 1.78 bits per heavy atom. The summed E-state index contributed by atoms with van der Waals surface area (Å²) in [5, 5.41) is 6.09. The number of carbonyl (C=O) groups is 2. The Morgan fingerprint density at radius 1 is 1.06 bits per heavy atom. The zero-order chi connectivity index (χ0) is 23.3. The van der Waals surface area contributed by atoms with Crippen LogP contribution in [0.15, 0.2) is 18.2 Å². The van der Waals surface area contributed by atoms with E-state index in [4.69, 9.17) is 0 Å². The molecule has 2 N–H and O–H groups in total. The minimum atomic E-state index is -0.0650. The molecule has 1 heterocycles. The van der Waals surface area contributed by atoms with E-state index in [0.29, 0.717) is 24.2 Å². The minimum absolute atomic E-state index is 0.0218. The number of hydrogen-bond donors (Lipinski definition) is 2. The highest BCUT2D eigenvalue weighted by Gasteiger charge is 2.22. The van der Waals surface area contributed by atoms with Crippen molar-refractivity contribution in [3.05, 3.63) is 23.8 Å². The number of likely N-dealkylation sites (N-methyl/N-ethyl adjacent to an activating group) is 1. The van der Waals surface area contributed by atoms with Crippen molar-refractivity contribution in [1.82, 2.24) is 10.2 Å². The molecule has 0 aliphatic carbocycles. The maximum Gasteiger partial charge on any atom is 0.253 e. The Hall–Kier alpha value is -2.08. The Kier molecular flexibility index (Phi) is 11.6. The first kappa shape index (κ1) is 26.2. The maximum absolute atomic E-state index is 13.1. The van der Waals surface area contributed by atoms with Gasteiger partial charge in [0.2, 0.25) is 5.91 Å². The van der Waals surface area contributed by atoms with E-state index < -0.39 is 0 Å². The van der Waals surface area contributed by atoms with Gasteiger partial charge in [-0.05, 0) is 56.5 Å². The molecule has 0 saturated carbocycles. The van der Waals surface area contributed by atoms with Crippen LogP contribution in [0.2, 0.25) is 0 Å². The minimum Gasteiger partial charge on any atom is -0.371 e. The van der Waals surface area contributed by atoms with Crippen molar-refractivity contribution >= 4 is 23.2 Å². The predicted octanol–water partition coefficient (Wildman–Crippen LogP) is 4.90. The summed E-state index contributed by atoms with van der Waals surface area (Å²) in [5.74, 6) is 0.683. The molecule has 1 aliphatic heterocycles. The van der Waals surface area contributed by atoms with Crippen molar-refractivity contribution in [3.63, 3.8) is 0 Å². The lowest BCUT2D eigenvalue weighted by Crippen LogP contribution is -2.37. The summed E-state index contributed by atoms with van der Waals surface area (Å²) < 4.78 is 0. The van der Waals surface area contributed by atoms with Gasteiger partial charge in [0.1, 0.15) is 0 Å². The number of rotatable bonds is 13. The van der Waals surface area contributed by atoms with Crippen LogP contribution in [-0.2, 0) is 4.79 Å². The highest BCUT2D eigenvalue weighted by molar-refractivity contribution is 6.02. The average Bonchev–Trinajstić information content (AvgIpc) is 2.80. The lowest BCUT2D eigenvalue weighted by molar-refractivity contribution is -0.116. The van der Waals surface area contributed by atoms with Gasteiger partial charge in [0.25, 0.3) is 5.91 Å². The quantitative estimate of drug-likeness (QED) is 0.425. The molecule has 0 unspecified atom stereocenters. The first-order valence-electron chi connectivity index (χ1n) is 12.7. The van der Waals surface area contributed by atoms with Gasteiger partial charge in [-0.1, -0.05) is 47.0 Å². The number of carbonyl (C=O) groups excluding carboxylic acids is 2. The number of hydrogen-bond acceptors (Lipinski definition) is 4. The van der Waals surface area contributed by atoms with E-state index in [0.717, 1.165) is 82.9 Å². The van der Waals surface area contributed by atoms with Crippen LogP contribution in [0, 0.1) is 5.92 Å². The summed E-state index contributed by atoms with van der Waals surface area (Å²) in [5.41, 5.74) is 2.33. The molecular formula is C26H44N4O2. The normalized spacial score (nSPS) is 14.6. The largest absolute Gasteiger partial charge is 0.371 e. The van der Waals surface area contributed by atoms with E-state index in [9.17, 15) is 9.59 Å². The van der Waals surface area contributed by atoms with Gasteiger partial charge in [0.05, 0.1) is 5.56 Å². The summed E-state index contributed by atoms with van der Waals surface area (Å²) in [6, 6.07) is 5.79. The molecule has 2 amide bonds. The lowest BCUT2D eigenvalue weighted by Gasteiger charge is -2.33. The predicted molar refractivity (Wildman–Crippen MR) is 135 cm³/mol. The molecule has 0 bridgehead atoms. The maximum atomic E-state index is 13.1. The second-order valence-corrected chi connectivity index (χ2v) is 9.04. The highest BCUT2D eigenvalue weighted by Crippen LogP contribution is 2.29. The third kappa shape index (κ3) is 8.45. The van der Waals surface area contributed by atoms with Crippen LogP contribution in [0.4, 0.5) is 11.4 Å². The fraction of sp³-hybridized carbons (Fsp3) is 0.692. The lowest BCUT2D eigenvalue weighted by atomic mass is 9.97. The van der Waals surface area contributed by atoms with E-state index in [2.05, 4.69) is 48.1 Å². The Bertz CT molecular complexity index is 710. The number of benzene rings is 1. The molecule has 1 fully saturated rings. The van der Waals surface area contributed by atoms with Crippen LogP contribution in [0.5, 0.6) is 0 Å². The van der Waals surface area contributed by atoms with Crippen molar-refractivity contribution in [3.8, 4) is 0 Å². The summed E-state index contributed by atoms with van der Waals surface area (Å²) in [6.45, 7) is 14.1. The second kappa shape index (κ2) is 14.1. The molecule has 0 atom stereocenters. The fourth-order valence-electron chi connectivity index (χ4n) is 4.22. The molecule has 1 aromatic carbocycles. The second-order valence-electron chi connectivity index (χ2n) is 9.04. The topological polar surface area (TPSA) is 64.7 Å². The van der Waals surface area contributed by atoms with Crippen LogP contribution in [-0.4, -0.2) is 56.0 Å². The zero-order valence-corrected chi connectivity index (χ0v) is 20.7. The summed E-state index contributed by atoms with van der Waals surface area (Å²) in [6.07, 6.45) is 7.11. The average molecular weight is 445 g/mol. The molecule has 0 spiro atoms. The van der Waals surface area contributed by atoms with E-state index in [1.54, 1.807) is 0 Å². The monoisotopic (exact) mass is 444 g/mol. The van der Waals surface area contributed by atoms with Crippen molar-refractivity contribution < 1.29 is 9.59 Å². The van der Waals surface area contributed by atoms with E-state index >= 15 is 0 Å². The van der Waals surface area contributed by atoms with Gasteiger partial charge >= 0.3 is 0 Å². The van der Waals surface area contributed by atoms with Crippen LogP contribution >= 0.6 is 0 Å². The van der Waals surface area contributed by atoms with Crippen molar-refractivity contribution in [2.75, 3.05) is 49.5 Å². The molecule has 180 valence electrons. The number of nitrogens with zero attached hydrogens (tertiary/aromatic N) is 2. The van der Waals surface area contributed by atoms with Gasteiger partial charge in [0.15, 0.2) is 0 Å². The molecule has 1 aromatic rings. The summed E-state index contributed by atoms with van der Waals surface area (Å²) >= 11 is 0. The Labute approximate surface area is 195 Å². The molecule has 32 heavy (non-hydrogen) atoms. The van der Waals surface area contributed by atoms with E-state index in [-0.39, 0.29) is 11.8 Å². The van der Waals surface area contributed by atoms with Crippen LogP contribution < -0.4 is 15.5 Å². The van der Waals surface area contributed by atoms with E-state index in [1.807, 2.05) is 18.2 Å². The molecular weight excluding hydrogens is 400 g/mol. The van der Waals surface area contributed by atoms with Crippen LogP contribution in [0.3, 0.4) is 0 Å². The number of unbranched alkanes of at least 4 members (excludes halogenated alkanes) is 3. The molecule has 1 saturated heterocycles. The molecule has 6 nitrogen and oxygen atoms in total. The third-order valence-electron chi connectivity index (χ3n) is 6.51. The standard InChI is InChI=1S/C26H44N4O2/c1-5-8-9-10-11-25(31)28-22-12-13-24(30-17-14-21(4)15-18-30)23(20-22)26(32)27-16-19-29(6-2)7-3/h12-13,20-21H,5-11,14-19H2,1-4H3,(H,27,32)(H,28,31). The molecule has 0 radical (unpaired) electrons.